The van der Waals surface area contributed by atoms with Crippen LogP contribution in [0.2, 0.25) is 0 Å². The second-order valence-electron chi connectivity index (χ2n) is 6.76. The lowest BCUT2D eigenvalue weighted by atomic mass is 10.2. The molecular formula is C19H24N2O6S2. The van der Waals surface area contributed by atoms with Gasteiger partial charge in [-0.3, -0.25) is 4.72 Å². The van der Waals surface area contributed by atoms with Crippen LogP contribution in [0.15, 0.2) is 46.2 Å². The molecule has 0 bridgehead atoms. The maximum absolute atomic E-state index is 13.1. The lowest BCUT2D eigenvalue weighted by molar-refractivity contribution is 0.0729. The highest BCUT2D eigenvalue weighted by Gasteiger charge is 2.30. The zero-order valence-corrected chi connectivity index (χ0v) is 18.1. The first-order valence-electron chi connectivity index (χ1n) is 9.01. The number of ether oxygens (including phenoxy) is 2. The largest absolute Gasteiger partial charge is 0.495 e. The molecule has 0 saturated carbocycles. The Labute approximate surface area is 171 Å². The van der Waals surface area contributed by atoms with Crippen LogP contribution in [-0.2, 0) is 24.8 Å². The van der Waals surface area contributed by atoms with Gasteiger partial charge in [0.2, 0.25) is 10.0 Å². The molecule has 1 aliphatic rings. The first-order chi connectivity index (χ1) is 13.6. The summed E-state index contributed by atoms with van der Waals surface area (Å²) in [5.41, 5.74) is 1.54. The van der Waals surface area contributed by atoms with Gasteiger partial charge < -0.3 is 9.47 Å². The van der Waals surface area contributed by atoms with E-state index in [0.29, 0.717) is 18.8 Å². The zero-order valence-electron chi connectivity index (χ0n) is 16.5. The molecule has 0 unspecified atom stereocenters. The van der Waals surface area contributed by atoms with Gasteiger partial charge in [0.1, 0.15) is 10.6 Å². The summed E-state index contributed by atoms with van der Waals surface area (Å²) in [7, 11) is -6.39. The Balaban J connectivity index is 1.99. The van der Waals surface area contributed by atoms with Crippen molar-refractivity contribution in [2.75, 3.05) is 38.1 Å². The third-order valence-electron chi connectivity index (χ3n) is 4.64. The van der Waals surface area contributed by atoms with E-state index >= 15 is 0 Å². The fourth-order valence-corrected chi connectivity index (χ4v) is 6.04. The molecule has 1 heterocycles. The molecule has 29 heavy (non-hydrogen) atoms. The molecule has 1 saturated heterocycles. The second kappa shape index (κ2) is 8.31. The number of rotatable bonds is 6. The van der Waals surface area contributed by atoms with Gasteiger partial charge in [-0.25, -0.2) is 16.8 Å². The Bertz CT molecular complexity index is 1110. The Kier molecular flexibility index (Phi) is 6.18. The first kappa shape index (κ1) is 21.6. The molecule has 3 rings (SSSR count). The van der Waals surface area contributed by atoms with E-state index in [1.165, 1.54) is 29.6 Å². The minimum Gasteiger partial charge on any atom is -0.495 e. The highest BCUT2D eigenvalue weighted by molar-refractivity contribution is 7.92. The highest BCUT2D eigenvalue weighted by atomic mass is 32.2. The van der Waals surface area contributed by atoms with Crippen LogP contribution in [0.3, 0.4) is 0 Å². The molecule has 0 spiro atoms. The van der Waals surface area contributed by atoms with Crippen LogP contribution in [0.25, 0.3) is 0 Å². The number of methoxy groups -OCH3 is 1. The number of aryl methyl sites for hydroxylation is 2. The van der Waals surface area contributed by atoms with E-state index in [1.54, 1.807) is 26.0 Å². The van der Waals surface area contributed by atoms with E-state index in [1.807, 2.05) is 6.07 Å². The molecule has 2 aromatic rings. The average molecular weight is 441 g/mol. The van der Waals surface area contributed by atoms with Gasteiger partial charge in [0, 0.05) is 13.1 Å². The van der Waals surface area contributed by atoms with Crippen LogP contribution in [0.1, 0.15) is 11.1 Å². The Morgan fingerprint density at radius 2 is 1.66 bits per heavy atom. The number of morpholine rings is 1. The maximum atomic E-state index is 13.1. The lowest BCUT2D eigenvalue weighted by Gasteiger charge is -2.27. The number of nitrogens with one attached hydrogen (secondary N) is 1. The first-order valence-corrected chi connectivity index (χ1v) is 11.9. The Morgan fingerprint density at radius 3 is 2.31 bits per heavy atom. The van der Waals surface area contributed by atoms with Crippen LogP contribution in [0.5, 0.6) is 5.75 Å². The summed E-state index contributed by atoms with van der Waals surface area (Å²) in [5, 5.41) is 0. The Morgan fingerprint density at radius 1 is 0.966 bits per heavy atom. The van der Waals surface area contributed by atoms with Crippen molar-refractivity contribution in [3.8, 4) is 5.75 Å². The van der Waals surface area contributed by atoms with Gasteiger partial charge in [-0.15, -0.1) is 0 Å². The molecule has 0 aromatic heterocycles. The predicted molar refractivity (Wildman–Crippen MR) is 109 cm³/mol. The smallest absolute Gasteiger partial charge is 0.262 e. The van der Waals surface area contributed by atoms with Crippen molar-refractivity contribution < 1.29 is 26.3 Å². The third kappa shape index (κ3) is 4.55. The van der Waals surface area contributed by atoms with Gasteiger partial charge in [-0.2, -0.15) is 4.31 Å². The van der Waals surface area contributed by atoms with Crippen molar-refractivity contribution in [1.29, 1.82) is 0 Å². The van der Waals surface area contributed by atoms with Crippen LogP contribution < -0.4 is 9.46 Å². The van der Waals surface area contributed by atoms with Crippen molar-refractivity contribution in [3.05, 3.63) is 47.5 Å². The minimum absolute atomic E-state index is 0.0944. The topological polar surface area (TPSA) is 102 Å². The monoisotopic (exact) mass is 440 g/mol. The van der Waals surface area contributed by atoms with Gasteiger partial charge >= 0.3 is 0 Å². The van der Waals surface area contributed by atoms with Crippen LogP contribution in [-0.4, -0.2) is 54.6 Å². The molecular weight excluding hydrogens is 416 g/mol. The molecule has 158 valence electrons. The molecule has 0 aliphatic carbocycles. The standard InChI is InChI=1S/C19H24N2O6S2/c1-14-4-5-15(2)18(12-14)28(22,23)20-16-6-7-17(26-3)19(13-16)29(24,25)21-8-10-27-11-9-21/h4-7,12-13,20H,8-11H2,1-3H3. The van der Waals surface area contributed by atoms with Crippen molar-refractivity contribution >= 4 is 25.7 Å². The minimum atomic E-state index is -3.89. The summed E-state index contributed by atoms with van der Waals surface area (Å²) in [6.45, 7) is 4.57. The molecule has 1 N–H and O–H groups in total. The summed E-state index contributed by atoms with van der Waals surface area (Å²) in [6.07, 6.45) is 0. The molecule has 0 radical (unpaired) electrons. The van der Waals surface area contributed by atoms with E-state index in [9.17, 15) is 16.8 Å². The highest BCUT2D eigenvalue weighted by Crippen LogP contribution is 2.31. The summed E-state index contributed by atoms with van der Waals surface area (Å²) in [5.74, 6) is 0.145. The molecule has 0 atom stereocenters. The van der Waals surface area contributed by atoms with Crippen molar-refractivity contribution in [2.24, 2.45) is 0 Å². The molecule has 1 aliphatic heterocycles. The summed E-state index contributed by atoms with van der Waals surface area (Å²) >= 11 is 0. The van der Waals surface area contributed by atoms with Crippen LogP contribution in [0.4, 0.5) is 5.69 Å². The molecule has 2 aromatic carbocycles. The average Bonchev–Trinajstić information content (AvgIpc) is 2.70. The van der Waals surface area contributed by atoms with E-state index in [0.717, 1.165) is 5.56 Å². The molecule has 10 heteroatoms. The number of sulfonamides is 2. The zero-order chi connectivity index (χ0) is 21.2. The number of anilines is 1. The van der Waals surface area contributed by atoms with Crippen molar-refractivity contribution in [2.45, 2.75) is 23.6 Å². The normalized spacial score (nSPS) is 15.8. The summed E-state index contributed by atoms with van der Waals surface area (Å²) in [4.78, 5) is 0.0500. The number of benzene rings is 2. The van der Waals surface area contributed by atoms with Gasteiger partial charge in [0.15, 0.2) is 0 Å². The Hall–Kier alpha value is -2.14. The SMILES string of the molecule is COc1ccc(NS(=O)(=O)c2cc(C)ccc2C)cc1S(=O)(=O)N1CCOCC1. The molecule has 0 amide bonds. The van der Waals surface area contributed by atoms with Gasteiger partial charge in [0.05, 0.1) is 30.9 Å². The van der Waals surface area contributed by atoms with E-state index in [-0.39, 0.29) is 34.3 Å². The van der Waals surface area contributed by atoms with Gasteiger partial charge in [0.25, 0.3) is 10.0 Å². The van der Waals surface area contributed by atoms with E-state index < -0.39 is 20.0 Å². The van der Waals surface area contributed by atoms with E-state index in [2.05, 4.69) is 4.72 Å². The fourth-order valence-electron chi connectivity index (χ4n) is 3.07. The van der Waals surface area contributed by atoms with Gasteiger partial charge in [-0.05, 0) is 49.2 Å². The van der Waals surface area contributed by atoms with E-state index in [4.69, 9.17) is 9.47 Å². The third-order valence-corrected chi connectivity index (χ3v) is 8.08. The molecule has 1 fully saturated rings. The van der Waals surface area contributed by atoms with Gasteiger partial charge in [-0.1, -0.05) is 12.1 Å². The predicted octanol–water partition coefficient (Wildman–Crippen LogP) is 2.13. The number of hydrogen-bond donors (Lipinski definition) is 1. The second-order valence-corrected chi connectivity index (χ2v) is 10.3. The van der Waals surface area contributed by atoms with Crippen molar-refractivity contribution in [1.82, 2.24) is 4.31 Å². The van der Waals surface area contributed by atoms with Crippen LogP contribution >= 0.6 is 0 Å². The van der Waals surface area contributed by atoms with Crippen molar-refractivity contribution in [3.63, 3.8) is 0 Å². The summed E-state index contributed by atoms with van der Waals surface area (Å²) < 4.78 is 66.1. The maximum Gasteiger partial charge on any atom is 0.262 e. The fraction of sp³-hybridized carbons (Fsp3) is 0.368. The van der Waals surface area contributed by atoms with Crippen LogP contribution in [0, 0.1) is 13.8 Å². The lowest BCUT2D eigenvalue weighted by Crippen LogP contribution is -2.40. The quantitative estimate of drug-likeness (QED) is 0.738. The molecule has 8 nitrogen and oxygen atoms in total. The number of hydrogen-bond acceptors (Lipinski definition) is 6. The number of nitrogens with zero attached hydrogens (tertiary/aromatic N) is 1. The summed E-state index contributed by atoms with van der Waals surface area (Å²) in [6, 6.07) is 9.33.